The number of carbonyl (C=O) groups excluding carboxylic acids is 1. The lowest BCUT2D eigenvalue weighted by Gasteiger charge is -2.36. The highest BCUT2D eigenvalue weighted by atomic mass is 16.5. The highest BCUT2D eigenvalue weighted by Crippen LogP contribution is 2.36. The van der Waals surface area contributed by atoms with Crippen LogP contribution in [0.2, 0.25) is 0 Å². The number of morpholine rings is 1. The highest BCUT2D eigenvalue weighted by Gasteiger charge is 2.33. The number of hydrogen-bond acceptors (Lipinski definition) is 3. The van der Waals surface area contributed by atoms with Gasteiger partial charge in [-0.3, -0.25) is 9.69 Å². The van der Waals surface area contributed by atoms with Gasteiger partial charge < -0.3 is 10.1 Å². The molecule has 1 fully saturated rings. The fraction of sp³-hybridized carbons (Fsp3) is 0.409. The van der Waals surface area contributed by atoms with E-state index in [1.165, 1.54) is 11.1 Å². The Morgan fingerprint density at radius 1 is 0.962 bits per heavy atom. The first-order valence-electron chi connectivity index (χ1n) is 9.43. The molecular weight excluding hydrogens is 324 g/mol. The van der Waals surface area contributed by atoms with E-state index in [2.05, 4.69) is 58.7 Å². The first kappa shape index (κ1) is 18.6. The van der Waals surface area contributed by atoms with Crippen molar-refractivity contribution in [1.29, 1.82) is 0 Å². The number of rotatable bonds is 9. The third kappa shape index (κ3) is 4.51. The molecule has 1 aliphatic rings. The van der Waals surface area contributed by atoms with E-state index in [0.29, 0.717) is 6.54 Å². The molecule has 0 radical (unpaired) electrons. The maximum atomic E-state index is 11.1. The first-order valence-corrected chi connectivity index (χ1v) is 9.43. The molecule has 0 unspecified atom stereocenters. The van der Waals surface area contributed by atoms with Crippen LogP contribution >= 0.6 is 0 Å². The quantitative estimate of drug-likeness (QED) is 0.706. The van der Waals surface area contributed by atoms with Crippen molar-refractivity contribution in [3.8, 4) is 0 Å². The van der Waals surface area contributed by atoms with Crippen LogP contribution in [0.1, 0.15) is 24.0 Å². The lowest BCUT2D eigenvalue weighted by Crippen LogP contribution is -2.41. The van der Waals surface area contributed by atoms with Crippen LogP contribution in [0, 0.1) is 0 Å². The first-order chi connectivity index (χ1) is 12.8. The summed E-state index contributed by atoms with van der Waals surface area (Å²) in [7, 11) is 0. The Balaban J connectivity index is 1.84. The molecular formula is C22H28N2O2. The van der Waals surface area contributed by atoms with Gasteiger partial charge in [-0.05, 0) is 30.5 Å². The topological polar surface area (TPSA) is 41.6 Å². The van der Waals surface area contributed by atoms with Gasteiger partial charge in [0, 0.05) is 25.0 Å². The Hall–Kier alpha value is -2.17. The van der Waals surface area contributed by atoms with Crippen molar-refractivity contribution in [3.63, 3.8) is 0 Å². The average Bonchev–Trinajstić information content (AvgIpc) is 2.73. The molecule has 1 heterocycles. The van der Waals surface area contributed by atoms with Crippen LogP contribution in [0.25, 0.3) is 0 Å². The lowest BCUT2D eigenvalue weighted by atomic mass is 9.71. The third-order valence-electron chi connectivity index (χ3n) is 5.32. The van der Waals surface area contributed by atoms with Gasteiger partial charge in [0.1, 0.15) is 0 Å². The molecule has 0 bridgehead atoms. The van der Waals surface area contributed by atoms with E-state index in [1.807, 2.05) is 12.1 Å². The molecule has 1 N–H and O–H groups in total. The maximum absolute atomic E-state index is 11.1. The summed E-state index contributed by atoms with van der Waals surface area (Å²) >= 11 is 0. The largest absolute Gasteiger partial charge is 0.379 e. The molecule has 138 valence electrons. The van der Waals surface area contributed by atoms with Crippen LogP contribution < -0.4 is 5.32 Å². The Labute approximate surface area is 156 Å². The summed E-state index contributed by atoms with van der Waals surface area (Å²) in [4.78, 5) is 13.6. The molecule has 0 saturated carbocycles. The van der Waals surface area contributed by atoms with E-state index >= 15 is 0 Å². The normalized spacial score (nSPS) is 15.5. The molecule has 0 spiro atoms. The predicted molar refractivity (Wildman–Crippen MR) is 104 cm³/mol. The van der Waals surface area contributed by atoms with Gasteiger partial charge in [-0.15, -0.1) is 0 Å². The van der Waals surface area contributed by atoms with Gasteiger partial charge in [-0.25, -0.2) is 0 Å². The van der Waals surface area contributed by atoms with Crippen LogP contribution in [0.4, 0.5) is 0 Å². The fourth-order valence-electron chi connectivity index (χ4n) is 3.91. The van der Waals surface area contributed by atoms with Gasteiger partial charge >= 0.3 is 0 Å². The van der Waals surface area contributed by atoms with E-state index in [4.69, 9.17) is 4.74 Å². The molecule has 1 amide bonds. The summed E-state index contributed by atoms with van der Waals surface area (Å²) < 4.78 is 5.45. The van der Waals surface area contributed by atoms with Crippen molar-refractivity contribution in [2.75, 3.05) is 39.4 Å². The number of carbonyl (C=O) groups is 1. The monoisotopic (exact) mass is 352 g/mol. The molecule has 4 nitrogen and oxygen atoms in total. The Kier molecular flexibility index (Phi) is 6.81. The molecule has 0 aliphatic carbocycles. The van der Waals surface area contributed by atoms with Crippen molar-refractivity contribution in [1.82, 2.24) is 10.2 Å². The van der Waals surface area contributed by atoms with Gasteiger partial charge in [0.15, 0.2) is 0 Å². The van der Waals surface area contributed by atoms with Crippen LogP contribution in [0.5, 0.6) is 0 Å². The smallest absolute Gasteiger partial charge is 0.207 e. The van der Waals surface area contributed by atoms with Gasteiger partial charge in [0.2, 0.25) is 6.41 Å². The van der Waals surface area contributed by atoms with Gasteiger partial charge in [0.25, 0.3) is 0 Å². The molecule has 3 rings (SSSR count). The maximum Gasteiger partial charge on any atom is 0.207 e. The molecule has 2 aromatic carbocycles. The van der Waals surface area contributed by atoms with E-state index in [-0.39, 0.29) is 5.41 Å². The second-order valence-electron chi connectivity index (χ2n) is 6.87. The Bertz CT molecular complexity index is 615. The molecule has 1 aliphatic heterocycles. The number of amides is 1. The third-order valence-corrected chi connectivity index (χ3v) is 5.32. The second-order valence-corrected chi connectivity index (χ2v) is 6.87. The minimum atomic E-state index is -0.213. The molecule has 2 aromatic rings. The standard InChI is InChI=1S/C22H28N2O2/c25-19-23-18-22(20-8-3-1-4-9-20,21-10-5-2-6-11-21)12-7-13-24-14-16-26-17-15-24/h1-6,8-11,19H,7,12-18H2,(H,23,25). The van der Waals surface area contributed by atoms with Crippen LogP contribution in [-0.4, -0.2) is 50.7 Å². The van der Waals surface area contributed by atoms with Crippen molar-refractivity contribution in [3.05, 3.63) is 71.8 Å². The van der Waals surface area contributed by atoms with Crippen LogP contribution in [0.15, 0.2) is 60.7 Å². The van der Waals surface area contributed by atoms with Crippen LogP contribution in [0.3, 0.4) is 0 Å². The molecule has 26 heavy (non-hydrogen) atoms. The van der Waals surface area contributed by atoms with E-state index < -0.39 is 0 Å². The van der Waals surface area contributed by atoms with E-state index in [1.54, 1.807) is 0 Å². The predicted octanol–water partition coefficient (Wildman–Crippen LogP) is 2.83. The number of nitrogens with one attached hydrogen (secondary N) is 1. The van der Waals surface area contributed by atoms with Crippen molar-refractivity contribution < 1.29 is 9.53 Å². The molecule has 4 heteroatoms. The van der Waals surface area contributed by atoms with Gasteiger partial charge in [0.05, 0.1) is 13.2 Å². The van der Waals surface area contributed by atoms with Crippen molar-refractivity contribution in [2.24, 2.45) is 0 Å². The fourth-order valence-corrected chi connectivity index (χ4v) is 3.91. The zero-order chi connectivity index (χ0) is 18.1. The Morgan fingerprint density at radius 2 is 1.54 bits per heavy atom. The molecule has 1 saturated heterocycles. The number of ether oxygens (including phenoxy) is 1. The van der Waals surface area contributed by atoms with Crippen molar-refractivity contribution >= 4 is 6.41 Å². The van der Waals surface area contributed by atoms with Crippen molar-refractivity contribution in [2.45, 2.75) is 18.3 Å². The summed E-state index contributed by atoms with van der Waals surface area (Å²) in [6, 6.07) is 21.1. The minimum absolute atomic E-state index is 0.213. The average molecular weight is 352 g/mol. The number of benzene rings is 2. The number of nitrogens with zero attached hydrogens (tertiary/aromatic N) is 1. The second kappa shape index (κ2) is 9.51. The Morgan fingerprint density at radius 3 is 2.08 bits per heavy atom. The highest BCUT2D eigenvalue weighted by molar-refractivity contribution is 5.48. The van der Waals surface area contributed by atoms with E-state index in [0.717, 1.165) is 52.1 Å². The van der Waals surface area contributed by atoms with E-state index in [9.17, 15) is 4.79 Å². The van der Waals surface area contributed by atoms with Crippen LogP contribution in [-0.2, 0) is 14.9 Å². The number of hydrogen-bond donors (Lipinski definition) is 1. The lowest BCUT2D eigenvalue weighted by molar-refractivity contribution is -0.109. The summed E-state index contributed by atoms with van der Waals surface area (Å²) in [6.07, 6.45) is 2.87. The summed E-state index contributed by atoms with van der Waals surface area (Å²) in [5.74, 6) is 0. The summed E-state index contributed by atoms with van der Waals surface area (Å²) in [6.45, 7) is 5.34. The summed E-state index contributed by atoms with van der Waals surface area (Å²) in [5.41, 5.74) is 2.29. The molecule has 0 aromatic heterocycles. The minimum Gasteiger partial charge on any atom is -0.379 e. The van der Waals surface area contributed by atoms with Gasteiger partial charge in [-0.1, -0.05) is 60.7 Å². The summed E-state index contributed by atoms with van der Waals surface area (Å²) in [5, 5.41) is 2.96. The zero-order valence-electron chi connectivity index (χ0n) is 15.3. The molecule has 0 atom stereocenters. The van der Waals surface area contributed by atoms with Gasteiger partial charge in [-0.2, -0.15) is 0 Å². The SMILES string of the molecule is O=CNCC(CCCN1CCOCC1)(c1ccccc1)c1ccccc1. The zero-order valence-corrected chi connectivity index (χ0v) is 15.3.